The van der Waals surface area contributed by atoms with Crippen LogP contribution in [0.15, 0.2) is 48.5 Å². The third kappa shape index (κ3) is 5.88. The van der Waals surface area contributed by atoms with Gasteiger partial charge in [-0.05, 0) is 49.8 Å². The normalized spacial score (nSPS) is 16.0. The van der Waals surface area contributed by atoms with Gasteiger partial charge >= 0.3 is 5.97 Å². The lowest BCUT2D eigenvalue weighted by atomic mass is 9.96. The number of hydrogen-bond donors (Lipinski definition) is 1. The van der Waals surface area contributed by atoms with Crippen molar-refractivity contribution in [3.8, 4) is 0 Å². The van der Waals surface area contributed by atoms with Crippen molar-refractivity contribution in [1.82, 2.24) is 0 Å². The zero-order valence-electron chi connectivity index (χ0n) is 19.3. The maximum Gasteiger partial charge on any atom is 0.309 e. The highest BCUT2D eigenvalue weighted by Crippen LogP contribution is 2.31. The molecule has 0 spiro atoms. The maximum absolute atomic E-state index is 12.7. The van der Waals surface area contributed by atoms with Crippen molar-refractivity contribution in [1.29, 1.82) is 0 Å². The molecule has 2 atom stereocenters. The van der Waals surface area contributed by atoms with Crippen molar-refractivity contribution in [2.45, 2.75) is 52.1 Å². The van der Waals surface area contributed by atoms with Crippen molar-refractivity contribution >= 4 is 28.9 Å². The summed E-state index contributed by atoms with van der Waals surface area (Å²) in [6, 6.07) is 14.3. The Hall–Kier alpha value is -3.42. The van der Waals surface area contributed by atoms with Crippen molar-refractivity contribution in [3.63, 3.8) is 0 Å². The number of para-hydroxylation sites is 3. The second-order valence-corrected chi connectivity index (χ2v) is 8.47. The molecule has 1 N–H and O–H groups in total. The van der Waals surface area contributed by atoms with Crippen LogP contribution in [0.5, 0.6) is 0 Å². The van der Waals surface area contributed by atoms with Crippen LogP contribution in [0, 0.1) is 16.0 Å². The van der Waals surface area contributed by atoms with Crippen LogP contribution in [0.3, 0.4) is 0 Å². The van der Waals surface area contributed by atoms with E-state index in [1.54, 1.807) is 25.1 Å². The van der Waals surface area contributed by atoms with Gasteiger partial charge in [-0.2, -0.15) is 0 Å². The van der Waals surface area contributed by atoms with Crippen LogP contribution in [-0.4, -0.2) is 36.0 Å². The molecule has 0 bridgehead atoms. The minimum Gasteiger partial charge on any atom is -0.452 e. The number of piperidine rings is 1. The van der Waals surface area contributed by atoms with E-state index in [4.69, 9.17) is 4.74 Å². The summed E-state index contributed by atoms with van der Waals surface area (Å²) in [5.74, 6) is -0.817. The lowest BCUT2D eigenvalue weighted by Crippen LogP contribution is -2.39. The van der Waals surface area contributed by atoms with Crippen LogP contribution < -0.4 is 10.2 Å². The SMILES string of the molecule is CCC(C)c1ccccc1NC(=O)C(C)OC(=O)C1CCN(c2ccccc2[N+](=O)[O-])CC1. The van der Waals surface area contributed by atoms with E-state index >= 15 is 0 Å². The molecule has 176 valence electrons. The fourth-order valence-electron chi connectivity index (χ4n) is 4.06. The number of carbonyl (C=O) groups excluding carboxylic acids is 2. The van der Waals surface area contributed by atoms with Gasteiger partial charge in [0.1, 0.15) is 5.69 Å². The minimum atomic E-state index is -0.921. The van der Waals surface area contributed by atoms with E-state index in [1.165, 1.54) is 6.07 Å². The predicted octanol–water partition coefficient (Wildman–Crippen LogP) is 4.90. The molecule has 2 unspecified atom stereocenters. The standard InChI is InChI=1S/C25H31N3O5/c1-4-17(2)20-9-5-6-10-21(20)26-24(29)18(3)33-25(30)19-13-15-27(16-14-19)22-11-7-8-12-23(22)28(31)32/h5-12,17-19H,4,13-16H2,1-3H3,(H,26,29). The second kappa shape index (κ2) is 10.9. The first-order chi connectivity index (χ1) is 15.8. The van der Waals surface area contributed by atoms with Crippen molar-refractivity contribution in [3.05, 3.63) is 64.2 Å². The first kappa shape index (κ1) is 24.2. The summed E-state index contributed by atoms with van der Waals surface area (Å²) in [5, 5.41) is 14.2. The van der Waals surface area contributed by atoms with Crippen LogP contribution in [0.4, 0.5) is 17.1 Å². The molecule has 0 aromatic heterocycles. The molecule has 1 heterocycles. The molecule has 8 heteroatoms. The molecule has 3 rings (SSSR count). The Bertz CT molecular complexity index is 1000. The predicted molar refractivity (Wildman–Crippen MR) is 127 cm³/mol. The van der Waals surface area contributed by atoms with Crippen LogP contribution in [0.2, 0.25) is 0 Å². The first-order valence-corrected chi connectivity index (χ1v) is 11.4. The van der Waals surface area contributed by atoms with Gasteiger partial charge in [0.05, 0.1) is 10.8 Å². The molecular formula is C25H31N3O5. The van der Waals surface area contributed by atoms with Crippen molar-refractivity contribution in [2.24, 2.45) is 5.92 Å². The third-order valence-electron chi connectivity index (χ3n) is 6.27. The number of hydrogen-bond acceptors (Lipinski definition) is 6. The van der Waals surface area contributed by atoms with Gasteiger partial charge in [-0.3, -0.25) is 19.7 Å². The molecular weight excluding hydrogens is 422 g/mol. The monoisotopic (exact) mass is 453 g/mol. The summed E-state index contributed by atoms with van der Waals surface area (Å²) in [7, 11) is 0. The molecule has 1 aliphatic rings. The van der Waals surface area contributed by atoms with Crippen LogP contribution in [0.25, 0.3) is 0 Å². The molecule has 0 aliphatic carbocycles. The minimum absolute atomic E-state index is 0.0569. The van der Waals surface area contributed by atoms with E-state index < -0.39 is 17.0 Å². The van der Waals surface area contributed by atoms with Gasteiger partial charge < -0.3 is 15.0 Å². The number of anilines is 2. The van der Waals surface area contributed by atoms with Gasteiger partial charge in [0.2, 0.25) is 0 Å². The van der Waals surface area contributed by atoms with Gasteiger partial charge in [0.25, 0.3) is 11.6 Å². The van der Waals surface area contributed by atoms with Crippen LogP contribution in [-0.2, 0) is 14.3 Å². The molecule has 0 saturated carbocycles. The highest BCUT2D eigenvalue weighted by Gasteiger charge is 2.31. The number of nitro groups is 1. The van der Waals surface area contributed by atoms with E-state index in [0.29, 0.717) is 37.5 Å². The largest absolute Gasteiger partial charge is 0.452 e. The average molecular weight is 454 g/mol. The molecule has 1 fully saturated rings. The van der Waals surface area contributed by atoms with Gasteiger partial charge in [0.15, 0.2) is 6.10 Å². The van der Waals surface area contributed by atoms with Gasteiger partial charge in [0, 0.05) is 24.8 Å². The smallest absolute Gasteiger partial charge is 0.309 e. The zero-order valence-corrected chi connectivity index (χ0v) is 19.3. The second-order valence-electron chi connectivity index (χ2n) is 8.47. The fourth-order valence-corrected chi connectivity index (χ4v) is 4.06. The van der Waals surface area contributed by atoms with E-state index in [1.807, 2.05) is 29.2 Å². The van der Waals surface area contributed by atoms with E-state index in [-0.39, 0.29) is 17.5 Å². The van der Waals surface area contributed by atoms with E-state index in [9.17, 15) is 19.7 Å². The summed E-state index contributed by atoms with van der Waals surface area (Å²) in [6.45, 7) is 6.78. The summed E-state index contributed by atoms with van der Waals surface area (Å²) in [4.78, 5) is 38.2. The number of carbonyl (C=O) groups is 2. The van der Waals surface area contributed by atoms with Crippen molar-refractivity contribution < 1.29 is 19.2 Å². The Labute approximate surface area is 194 Å². The Morgan fingerprint density at radius 1 is 1.12 bits per heavy atom. The zero-order chi connectivity index (χ0) is 24.0. The maximum atomic E-state index is 12.7. The lowest BCUT2D eigenvalue weighted by Gasteiger charge is -2.32. The molecule has 2 aromatic carbocycles. The highest BCUT2D eigenvalue weighted by atomic mass is 16.6. The average Bonchev–Trinajstić information content (AvgIpc) is 2.83. The van der Waals surface area contributed by atoms with Gasteiger partial charge in [-0.15, -0.1) is 0 Å². The number of ether oxygens (including phenoxy) is 1. The topological polar surface area (TPSA) is 102 Å². The Morgan fingerprint density at radius 3 is 2.42 bits per heavy atom. The highest BCUT2D eigenvalue weighted by molar-refractivity contribution is 5.95. The quantitative estimate of drug-likeness (QED) is 0.347. The summed E-state index contributed by atoms with van der Waals surface area (Å²) < 4.78 is 5.48. The van der Waals surface area contributed by atoms with Crippen LogP contribution in [0.1, 0.15) is 51.5 Å². The number of rotatable bonds is 8. The fraction of sp³-hybridized carbons (Fsp3) is 0.440. The molecule has 8 nitrogen and oxygen atoms in total. The molecule has 33 heavy (non-hydrogen) atoms. The van der Waals surface area contributed by atoms with E-state index in [2.05, 4.69) is 19.2 Å². The lowest BCUT2D eigenvalue weighted by molar-refractivity contribution is -0.384. The number of nitro benzene ring substituents is 1. The summed E-state index contributed by atoms with van der Waals surface area (Å²) in [6.07, 6.45) is 1.05. The molecule has 1 aliphatic heterocycles. The first-order valence-electron chi connectivity index (χ1n) is 11.4. The molecule has 1 amide bonds. The van der Waals surface area contributed by atoms with Crippen LogP contribution >= 0.6 is 0 Å². The number of benzene rings is 2. The molecule has 2 aromatic rings. The van der Waals surface area contributed by atoms with Crippen molar-refractivity contribution in [2.75, 3.05) is 23.3 Å². The summed E-state index contributed by atoms with van der Waals surface area (Å²) >= 11 is 0. The molecule has 0 radical (unpaired) electrons. The van der Waals surface area contributed by atoms with Gasteiger partial charge in [-0.25, -0.2) is 0 Å². The third-order valence-corrected chi connectivity index (χ3v) is 6.27. The number of esters is 1. The van der Waals surface area contributed by atoms with Gasteiger partial charge in [-0.1, -0.05) is 44.2 Å². The number of nitrogens with one attached hydrogen (secondary N) is 1. The Kier molecular flexibility index (Phi) is 8.03. The Morgan fingerprint density at radius 2 is 1.76 bits per heavy atom. The molecule has 1 saturated heterocycles. The Balaban J connectivity index is 1.55. The number of amides is 1. The summed E-state index contributed by atoms with van der Waals surface area (Å²) in [5.41, 5.74) is 2.40. The number of nitrogens with zero attached hydrogens (tertiary/aromatic N) is 2. The van der Waals surface area contributed by atoms with E-state index in [0.717, 1.165) is 17.7 Å².